The molecule has 0 atom stereocenters. The van der Waals surface area contributed by atoms with E-state index in [1.807, 2.05) is 37.3 Å². The fourth-order valence-electron chi connectivity index (χ4n) is 2.93. The summed E-state index contributed by atoms with van der Waals surface area (Å²) in [5.41, 5.74) is 2.31. The van der Waals surface area contributed by atoms with Gasteiger partial charge in [0.1, 0.15) is 18.2 Å². The predicted octanol–water partition coefficient (Wildman–Crippen LogP) is 1.51. The third kappa shape index (κ3) is 3.94. The first kappa shape index (κ1) is 16.5. The Balaban J connectivity index is 1.39. The molecule has 0 fully saturated rings. The minimum atomic E-state index is 0.0279. The molecule has 0 spiro atoms. The monoisotopic (exact) mass is 328 g/mol. The van der Waals surface area contributed by atoms with Crippen LogP contribution in [0.3, 0.4) is 0 Å². The van der Waals surface area contributed by atoms with Gasteiger partial charge in [-0.05, 0) is 26.0 Å². The Hall–Kier alpha value is -2.34. The van der Waals surface area contributed by atoms with Crippen LogP contribution in [0, 0.1) is 13.8 Å². The highest BCUT2D eigenvalue weighted by molar-refractivity contribution is 5.78. The Kier molecular flexibility index (Phi) is 5.15. The highest BCUT2D eigenvalue weighted by atomic mass is 16.5. The van der Waals surface area contributed by atoms with Crippen LogP contribution in [0.4, 0.5) is 0 Å². The number of hydrogen-bond acceptors (Lipinski definition) is 4. The standard InChI is InChI=1S/C18H24N4O2/c1-14-15(2)22-10-9-21(12-17(22)20-14)13-18(23)19-8-11-24-16-6-4-3-5-7-16/h3-7H,8-13H2,1-2H3,(H,19,23). The van der Waals surface area contributed by atoms with Crippen LogP contribution in [-0.4, -0.2) is 46.6 Å². The van der Waals surface area contributed by atoms with Gasteiger partial charge in [0.05, 0.1) is 25.3 Å². The fraction of sp³-hybridized carbons (Fsp3) is 0.444. The maximum absolute atomic E-state index is 12.1. The summed E-state index contributed by atoms with van der Waals surface area (Å²) in [6.07, 6.45) is 0. The van der Waals surface area contributed by atoms with Gasteiger partial charge in [-0.3, -0.25) is 9.69 Å². The number of amides is 1. The molecule has 1 aliphatic heterocycles. The van der Waals surface area contributed by atoms with Crippen molar-refractivity contribution < 1.29 is 9.53 Å². The molecule has 1 amide bonds. The Morgan fingerprint density at radius 1 is 1.25 bits per heavy atom. The molecule has 128 valence electrons. The molecule has 1 aromatic heterocycles. The van der Waals surface area contributed by atoms with E-state index in [1.54, 1.807) is 0 Å². The number of rotatable bonds is 6. The van der Waals surface area contributed by atoms with Gasteiger partial charge in [0, 0.05) is 18.8 Å². The maximum Gasteiger partial charge on any atom is 0.234 e. The van der Waals surface area contributed by atoms with Gasteiger partial charge in [-0.15, -0.1) is 0 Å². The lowest BCUT2D eigenvalue weighted by molar-refractivity contribution is -0.122. The molecule has 1 aliphatic rings. The zero-order valence-corrected chi connectivity index (χ0v) is 14.3. The van der Waals surface area contributed by atoms with Crippen molar-refractivity contribution in [1.82, 2.24) is 19.8 Å². The Morgan fingerprint density at radius 3 is 2.83 bits per heavy atom. The van der Waals surface area contributed by atoms with Gasteiger partial charge in [-0.2, -0.15) is 0 Å². The molecular formula is C18H24N4O2. The second kappa shape index (κ2) is 7.49. The van der Waals surface area contributed by atoms with Crippen molar-refractivity contribution in [2.24, 2.45) is 0 Å². The number of ether oxygens (including phenoxy) is 1. The summed E-state index contributed by atoms with van der Waals surface area (Å²) in [6.45, 7) is 8.00. The molecule has 1 N–H and O–H groups in total. The Labute approximate surface area is 142 Å². The Bertz CT molecular complexity index is 697. The topological polar surface area (TPSA) is 59.4 Å². The summed E-state index contributed by atoms with van der Waals surface area (Å²) in [7, 11) is 0. The van der Waals surface area contributed by atoms with Gasteiger partial charge in [-0.25, -0.2) is 4.98 Å². The van der Waals surface area contributed by atoms with Crippen molar-refractivity contribution in [3.05, 3.63) is 47.5 Å². The highest BCUT2D eigenvalue weighted by Crippen LogP contribution is 2.16. The van der Waals surface area contributed by atoms with Gasteiger partial charge in [0.15, 0.2) is 0 Å². The number of fused-ring (bicyclic) bond motifs is 1. The lowest BCUT2D eigenvalue weighted by atomic mass is 10.3. The van der Waals surface area contributed by atoms with E-state index in [-0.39, 0.29) is 5.91 Å². The lowest BCUT2D eigenvalue weighted by Crippen LogP contribution is -2.42. The molecule has 0 unspecified atom stereocenters. The van der Waals surface area contributed by atoms with Crippen LogP contribution in [0.2, 0.25) is 0 Å². The van der Waals surface area contributed by atoms with E-state index in [2.05, 4.69) is 26.7 Å². The molecule has 1 aromatic carbocycles. The van der Waals surface area contributed by atoms with Crippen molar-refractivity contribution >= 4 is 5.91 Å². The van der Waals surface area contributed by atoms with Crippen LogP contribution in [-0.2, 0) is 17.9 Å². The zero-order valence-electron chi connectivity index (χ0n) is 14.3. The molecule has 0 aliphatic carbocycles. The first-order chi connectivity index (χ1) is 11.6. The van der Waals surface area contributed by atoms with E-state index in [9.17, 15) is 4.79 Å². The molecule has 3 rings (SSSR count). The van der Waals surface area contributed by atoms with E-state index in [0.717, 1.165) is 36.9 Å². The largest absolute Gasteiger partial charge is 0.492 e. The van der Waals surface area contributed by atoms with E-state index >= 15 is 0 Å². The number of para-hydroxylation sites is 1. The average Bonchev–Trinajstić information content (AvgIpc) is 2.86. The molecule has 2 aromatic rings. The zero-order chi connectivity index (χ0) is 16.9. The second-order valence-corrected chi connectivity index (χ2v) is 6.07. The summed E-state index contributed by atoms with van der Waals surface area (Å²) < 4.78 is 7.81. The molecule has 24 heavy (non-hydrogen) atoms. The number of carbonyl (C=O) groups excluding carboxylic acids is 1. The molecule has 6 nitrogen and oxygen atoms in total. The maximum atomic E-state index is 12.1. The smallest absolute Gasteiger partial charge is 0.234 e. The number of carbonyl (C=O) groups is 1. The fourth-order valence-corrected chi connectivity index (χ4v) is 2.93. The van der Waals surface area contributed by atoms with Crippen LogP contribution >= 0.6 is 0 Å². The van der Waals surface area contributed by atoms with E-state index in [4.69, 9.17) is 4.74 Å². The molecule has 0 saturated carbocycles. The molecular weight excluding hydrogens is 304 g/mol. The first-order valence-electron chi connectivity index (χ1n) is 8.33. The number of nitrogens with one attached hydrogen (secondary N) is 1. The minimum absolute atomic E-state index is 0.0279. The summed E-state index contributed by atoms with van der Waals surface area (Å²) >= 11 is 0. The van der Waals surface area contributed by atoms with Crippen molar-refractivity contribution in [3.8, 4) is 5.75 Å². The van der Waals surface area contributed by atoms with Crippen molar-refractivity contribution in [1.29, 1.82) is 0 Å². The second-order valence-electron chi connectivity index (χ2n) is 6.07. The minimum Gasteiger partial charge on any atom is -0.492 e. The normalized spacial score (nSPS) is 14.2. The van der Waals surface area contributed by atoms with Crippen molar-refractivity contribution in [2.45, 2.75) is 26.9 Å². The van der Waals surface area contributed by atoms with Gasteiger partial charge in [0.2, 0.25) is 5.91 Å². The molecule has 2 heterocycles. The third-order valence-electron chi connectivity index (χ3n) is 4.35. The SMILES string of the molecule is Cc1nc2n(c1C)CCN(CC(=O)NCCOc1ccccc1)C2. The third-order valence-corrected chi connectivity index (χ3v) is 4.35. The van der Waals surface area contributed by atoms with Crippen LogP contribution in [0.15, 0.2) is 30.3 Å². The van der Waals surface area contributed by atoms with Crippen LogP contribution in [0.5, 0.6) is 5.75 Å². The van der Waals surface area contributed by atoms with Crippen molar-refractivity contribution in [2.75, 3.05) is 26.2 Å². The van der Waals surface area contributed by atoms with Gasteiger partial charge < -0.3 is 14.6 Å². The lowest BCUT2D eigenvalue weighted by Gasteiger charge is -2.27. The number of nitrogens with zero attached hydrogens (tertiary/aromatic N) is 3. The number of aryl methyl sites for hydroxylation is 1. The molecule has 0 bridgehead atoms. The van der Waals surface area contributed by atoms with Crippen LogP contribution < -0.4 is 10.1 Å². The molecule has 6 heteroatoms. The summed E-state index contributed by atoms with van der Waals surface area (Å²) in [4.78, 5) is 18.8. The number of imidazole rings is 1. The number of hydrogen-bond donors (Lipinski definition) is 1. The van der Waals surface area contributed by atoms with Gasteiger partial charge in [0.25, 0.3) is 0 Å². The summed E-state index contributed by atoms with van der Waals surface area (Å²) in [5, 5.41) is 2.91. The summed E-state index contributed by atoms with van der Waals surface area (Å²) in [5.74, 6) is 1.90. The number of aromatic nitrogens is 2. The van der Waals surface area contributed by atoms with E-state index < -0.39 is 0 Å². The van der Waals surface area contributed by atoms with Crippen LogP contribution in [0.1, 0.15) is 17.2 Å². The van der Waals surface area contributed by atoms with Gasteiger partial charge in [-0.1, -0.05) is 18.2 Å². The van der Waals surface area contributed by atoms with E-state index in [0.29, 0.717) is 19.7 Å². The summed E-state index contributed by atoms with van der Waals surface area (Å²) in [6, 6.07) is 9.61. The highest BCUT2D eigenvalue weighted by Gasteiger charge is 2.21. The van der Waals surface area contributed by atoms with Gasteiger partial charge >= 0.3 is 0 Å². The average molecular weight is 328 g/mol. The van der Waals surface area contributed by atoms with E-state index in [1.165, 1.54) is 5.69 Å². The molecule has 0 saturated heterocycles. The molecule has 0 radical (unpaired) electrons. The Morgan fingerprint density at radius 2 is 2.04 bits per heavy atom. The van der Waals surface area contributed by atoms with Crippen molar-refractivity contribution in [3.63, 3.8) is 0 Å². The number of benzene rings is 1. The predicted molar refractivity (Wildman–Crippen MR) is 91.9 cm³/mol. The quantitative estimate of drug-likeness (QED) is 0.817. The van der Waals surface area contributed by atoms with Crippen LogP contribution in [0.25, 0.3) is 0 Å². The first-order valence-corrected chi connectivity index (χ1v) is 8.33.